The highest BCUT2D eigenvalue weighted by atomic mass is 32.1. The number of ether oxygens (including phenoxy) is 1. The average Bonchev–Trinajstić information content (AvgIpc) is 2.00. The predicted molar refractivity (Wildman–Crippen MR) is 366 cm³/mol. The van der Waals surface area contributed by atoms with E-state index < -0.39 is 17.9 Å². The Bertz CT molecular complexity index is 3790. The van der Waals surface area contributed by atoms with Crippen LogP contribution >= 0.6 is 68.0 Å². The Morgan fingerprint density at radius 2 is 0.879 bits per heavy atom. The maximum atomic E-state index is 12.6. The van der Waals surface area contributed by atoms with E-state index in [0.717, 1.165) is 156 Å². The number of anilines is 4. The van der Waals surface area contributed by atoms with Gasteiger partial charge in [-0.15, -0.1) is 56.7 Å². The molecule has 4 aliphatic rings. The Labute approximate surface area is 553 Å². The number of carbonyl (C=O) groups excluding carboxylic acids is 5. The molecule has 0 unspecified atom stereocenters. The number of aromatic carboxylic acids is 3. The summed E-state index contributed by atoms with van der Waals surface area (Å²) in [5, 5.41) is 47.6. The highest BCUT2D eigenvalue weighted by molar-refractivity contribution is 7.18. The molecule has 12 rings (SSSR count). The minimum atomic E-state index is -0.958. The summed E-state index contributed by atoms with van der Waals surface area (Å²) in [6, 6.07) is 20.7. The van der Waals surface area contributed by atoms with E-state index in [0.29, 0.717) is 66.8 Å². The van der Waals surface area contributed by atoms with Crippen molar-refractivity contribution >= 4 is 136 Å². The number of fused-ring (bicyclic) bond motifs is 4. The number of nitrogens with one attached hydrogen (secondary N) is 4. The summed E-state index contributed by atoms with van der Waals surface area (Å²) in [5.74, 6) is -3.53. The predicted octanol–water partition coefficient (Wildman–Crippen LogP) is 16.5. The van der Waals surface area contributed by atoms with E-state index in [4.69, 9.17) is 4.74 Å². The molecule has 0 atom stereocenters. The Balaban J connectivity index is 0.000000144. The quantitative estimate of drug-likeness (QED) is 0.0420. The zero-order chi connectivity index (χ0) is 64.7. The number of carboxylic acids is 3. The van der Waals surface area contributed by atoms with Gasteiger partial charge in [0.15, 0.2) is 0 Å². The highest BCUT2D eigenvalue weighted by Gasteiger charge is 2.31. The van der Waals surface area contributed by atoms with Crippen LogP contribution in [0.25, 0.3) is 0 Å². The van der Waals surface area contributed by atoms with Gasteiger partial charge in [0.05, 0.1) is 41.7 Å². The first-order chi connectivity index (χ1) is 43.9. The molecule has 0 spiro atoms. The zero-order valence-corrected chi connectivity index (χ0v) is 56.2. The number of carboxylic acid groups (broad SMARTS) is 3. The second kappa shape index (κ2) is 32.1. The van der Waals surface area contributed by atoms with E-state index >= 15 is 0 Å². The number of hydrogen-bond donors (Lipinski definition) is 7. The molecule has 0 bridgehead atoms. The van der Waals surface area contributed by atoms with Crippen molar-refractivity contribution < 1.29 is 58.4 Å². The molecule has 7 N–H and O–H groups in total. The summed E-state index contributed by atoms with van der Waals surface area (Å²) < 4.78 is 5.23. The molecule has 2 aromatic carbocycles. The lowest BCUT2D eigenvalue weighted by Gasteiger charge is -2.12. The first-order valence-corrected chi connectivity index (χ1v) is 35.9. The third kappa shape index (κ3) is 17.3. The van der Waals surface area contributed by atoms with E-state index in [2.05, 4.69) is 42.0 Å². The SMILES string of the molecule is CC(C)c1ccc(C(=O)Nc2sc3c(c2C(=O)O)CCCC3)cc1.CCOC(=O)c1c(NC(=O)c2ccc(CC)cc2)sc2c1CCCC2.O=C(Cc1cccs1)Nc1sc2c(c1C(=O)O)CCCC2.O=C(Cc1ccsc1)Nc1sc2c(c1C(=O)O)CCCC2. The summed E-state index contributed by atoms with van der Waals surface area (Å²) in [5.41, 5.74) is 9.70. The molecule has 0 fully saturated rings. The fourth-order valence-electron chi connectivity index (χ4n) is 11.5. The fourth-order valence-corrected chi connectivity index (χ4v) is 18.0. The number of aryl methyl sites for hydroxylation is 5. The Kier molecular flexibility index (Phi) is 23.9. The van der Waals surface area contributed by atoms with Crippen molar-refractivity contribution in [1.29, 1.82) is 0 Å². The van der Waals surface area contributed by atoms with Gasteiger partial charge in [0, 0.05) is 35.5 Å². The van der Waals surface area contributed by atoms with Gasteiger partial charge in [0.2, 0.25) is 11.8 Å². The van der Waals surface area contributed by atoms with E-state index in [-0.39, 0.29) is 41.6 Å². The van der Waals surface area contributed by atoms with Crippen molar-refractivity contribution in [1.82, 2.24) is 0 Å². The molecule has 6 heterocycles. The van der Waals surface area contributed by atoms with Crippen LogP contribution in [0.3, 0.4) is 0 Å². The fraction of sp³-hybridized carbons (Fsp3) is 0.362. The smallest absolute Gasteiger partial charge is 0.341 e. The van der Waals surface area contributed by atoms with Crippen molar-refractivity contribution in [2.75, 3.05) is 27.9 Å². The molecule has 0 saturated heterocycles. The molecule has 0 saturated carbocycles. The normalized spacial score (nSPS) is 13.5. The summed E-state index contributed by atoms with van der Waals surface area (Å²) in [4.78, 5) is 102. The van der Waals surface area contributed by atoms with E-state index in [1.54, 1.807) is 30.4 Å². The topological polar surface area (TPSA) is 255 Å². The van der Waals surface area contributed by atoms with Gasteiger partial charge in [-0.1, -0.05) is 51.1 Å². The third-order valence-corrected chi connectivity index (χ3v) is 22.5. The van der Waals surface area contributed by atoms with Crippen LogP contribution in [0.15, 0.2) is 82.9 Å². The van der Waals surface area contributed by atoms with Crippen LogP contribution in [-0.2, 0) is 85.0 Å². The molecule has 0 aliphatic heterocycles. The number of thiophene rings is 6. The van der Waals surface area contributed by atoms with Crippen molar-refractivity contribution in [3.05, 3.63) is 180 Å². The van der Waals surface area contributed by atoms with Gasteiger partial charge in [0.25, 0.3) is 11.8 Å². The molecule has 0 radical (unpaired) electrons. The third-order valence-electron chi connectivity index (χ3n) is 16.1. The Hall–Kier alpha value is -7.60. The minimum absolute atomic E-state index is 0.154. The second-order valence-corrected chi connectivity index (χ2v) is 28.9. The number of benzene rings is 2. The first kappa shape index (κ1) is 67.8. The largest absolute Gasteiger partial charge is 0.478 e. The molecule has 4 amide bonds. The molecular formula is C69H74N4O12S6. The molecule has 4 aliphatic carbocycles. The lowest BCUT2D eigenvalue weighted by atomic mass is 9.95. The second-order valence-electron chi connectivity index (χ2n) is 22.7. The summed E-state index contributed by atoms with van der Waals surface area (Å²) >= 11 is 8.84. The van der Waals surface area contributed by atoms with Crippen molar-refractivity contribution in [3.63, 3.8) is 0 Å². The molecule has 22 heteroatoms. The number of esters is 1. The molecule has 16 nitrogen and oxygen atoms in total. The molecule has 6 aromatic heterocycles. The summed E-state index contributed by atoms with van der Waals surface area (Å²) in [6.07, 6.45) is 17.0. The number of amides is 4. The standard InChI is InChI=1S/C20H23NO3S.C19H21NO3S.2C15H15NO3S2/c1-3-13-9-11-14(12-10-13)18(22)21-19-17(20(23)24-4-2)15-7-5-6-8-16(15)25-19;1-11(2)12-7-9-13(10-8-12)17(21)20-18-16(19(22)23)14-5-3-4-6-15(14)24-18;17-12(8-9-4-3-7-20-9)16-14-13(15(18)19)10-5-1-2-6-11(10)21-14;17-12(7-9-5-6-20-8-9)16-14-13(15(18)19)10-3-1-2-4-11(10)21-14/h9-12H,3-8H2,1-2H3,(H,21,22);7-11H,3-6H2,1-2H3,(H,20,21)(H,22,23);3-4,7H,1-2,5-6,8H2,(H,16,17)(H,18,19);5-6,8H,1-4,7H2,(H,16,17)(H,18,19). The molecule has 8 aromatic rings. The molecule has 478 valence electrons. The average molecular weight is 1340 g/mol. The summed E-state index contributed by atoms with van der Waals surface area (Å²) in [6.45, 7) is 8.41. The van der Waals surface area contributed by atoms with Crippen molar-refractivity contribution in [2.24, 2.45) is 0 Å². The van der Waals surface area contributed by atoms with Gasteiger partial charge in [-0.2, -0.15) is 11.3 Å². The van der Waals surface area contributed by atoms with Crippen LogP contribution in [0.4, 0.5) is 20.0 Å². The van der Waals surface area contributed by atoms with Crippen molar-refractivity contribution in [2.45, 2.75) is 156 Å². The lowest BCUT2D eigenvalue weighted by molar-refractivity contribution is -0.116. The van der Waals surface area contributed by atoms with Gasteiger partial charge in [0.1, 0.15) is 20.0 Å². The maximum absolute atomic E-state index is 12.6. The molecule has 91 heavy (non-hydrogen) atoms. The van der Waals surface area contributed by atoms with Gasteiger partial charge >= 0.3 is 23.9 Å². The summed E-state index contributed by atoms with van der Waals surface area (Å²) in [7, 11) is 0. The van der Waals surface area contributed by atoms with Gasteiger partial charge in [-0.3, -0.25) is 19.2 Å². The van der Waals surface area contributed by atoms with Crippen molar-refractivity contribution in [3.8, 4) is 0 Å². The van der Waals surface area contributed by atoms with Crippen LogP contribution in [0.2, 0.25) is 0 Å². The van der Waals surface area contributed by atoms with Crippen LogP contribution in [0.5, 0.6) is 0 Å². The first-order valence-electron chi connectivity index (χ1n) is 30.8. The maximum Gasteiger partial charge on any atom is 0.341 e. The van der Waals surface area contributed by atoms with Crippen LogP contribution in [0, 0.1) is 0 Å². The zero-order valence-electron chi connectivity index (χ0n) is 51.3. The Morgan fingerprint density at radius 1 is 0.473 bits per heavy atom. The monoisotopic (exact) mass is 1340 g/mol. The van der Waals surface area contributed by atoms with E-state index in [9.17, 15) is 53.7 Å². The Morgan fingerprint density at radius 3 is 1.26 bits per heavy atom. The van der Waals surface area contributed by atoms with Gasteiger partial charge < -0.3 is 41.3 Å². The lowest BCUT2D eigenvalue weighted by Crippen LogP contribution is -2.15. The number of carbonyl (C=O) groups is 8. The van der Waals surface area contributed by atoms with Crippen LogP contribution in [0.1, 0.15) is 210 Å². The number of hydrogen-bond acceptors (Lipinski definition) is 15. The molecular weight excluding hydrogens is 1270 g/mol. The van der Waals surface area contributed by atoms with Gasteiger partial charge in [-0.25, -0.2) is 19.2 Å². The number of rotatable bonds is 17. The van der Waals surface area contributed by atoms with Crippen LogP contribution in [-0.4, -0.2) is 69.4 Å². The van der Waals surface area contributed by atoms with Crippen LogP contribution < -0.4 is 21.3 Å². The van der Waals surface area contributed by atoms with E-state index in [1.165, 1.54) is 72.7 Å². The highest BCUT2D eigenvalue weighted by Crippen LogP contribution is 2.42. The minimum Gasteiger partial charge on any atom is -0.478 e. The van der Waals surface area contributed by atoms with Gasteiger partial charge in [-0.05, 0) is 213 Å². The van der Waals surface area contributed by atoms with E-state index in [1.807, 2.05) is 70.7 Å².